The highest BCUT2D eigenvalue weighted by molar-refractivity contribution is 6.10. The van der Waals surface area contributed by atoms with Crippen molar-refractivity contribution in [3.05, 3.63) is 102 Å². The van der Waals surface area contributed by atoms with E-state index < -0.39 is 0 Å². The molecule has 0 bridgehead atoms. The molecule has 32 heavy (non-hydrogen) atoms. The zero-order valence-electron chi connectivity index (χ0n) is 17.2. The Morgan fingerprint density at radius 3 is 2.44 bits per heavy atom. The van der Waals surface area contributed by atoms with Crippen molar-refractivity contribution in [3.63, 3.8) is 0 Å². The van der Waals surface area contributed by atoms with Crippen molar-refractivity contribution in [2.45, 2.75) is 0 Å². The Morgan fingerprint density at radius 1 is 0.938 bits per heavy atom. The molecule has 2 heterocycles. The molecule has 3 aromatic carbocycles. The van der Waals surface area contributed by atoms with E-state index in [-0.39, 0.29) is 11.7 Å². The van der Waals surface area contributed by atoms with E-state index >= 15 is 0 Å². The molecule has 7 heteroatoms. The number of carbonyl (C=O) groups excluding carboxylic acids is 2. The van der Waals surface area contributed by atoms with Gasteiger partial charge >= 0.3 is 0 Å². The Kier molecular flexibility index (Phi) is 4.84. The first-order chi connectivity index (χ1) is 15.6. The van der Waals surface area contributed by atoms with Crippen LogP contribution in [-0.2, 0) is 7.05 Å². The number of rotatable bonds is 5. The molecule has 156 valence electrons. The molecular weight excluding hydrogens is 402 g/mol. The van der Waals surface area contributed by atoms with Crippen molar-refractivity contribution in [3.8, 4) is 11.4 Å². The van der Waals surface area contributed by atoms with Crippen LogP contribution in [0.3, 0.4) is 0 Å². The second-order valence-corrected chi connectivity index (χ2v) is 7.43. The molecule has 0 atom stereocenters. The minimum absolute atomic E-state index is 0.0365. The summed E-state index contributed by atoms with van der Waals surface area (Å²) in [5, 5.41) is 2.86. The minimum atomic E-state index is -0.225. The molecule has 0 saturated carbocycles. The number of benzene rings is 3. The van der Waals surface area contributed by atoms with Crippen LogP contribution in [0.15, 0.2) is 85.3 Å². The minimum Gasteiger partial charge on any atom is -0.338 e. The molecule has 7 nitrogen and oxygen atoms in total. The number of aromatic nitrogens is 4. The van der Waals surface area contributed by atoms with Crippen molar-refractivity contribution in [1.82, 2.24) is 19.5 Å². The maximum atomic E-state index is 12.7. The number of nitrogens with one attached hydrogen (secondary N) is 2. The van der Waals surface area contributed by atoms with Crippen molar-refractivity contribution in [2.75, 3.05) is 5.32 Å². The molecule has 0 unspecified atom stereocenters. The van der Waals surface area contributed by atoms with E-state index in [1.165, 1.54) is 6.20 Å². The van der Waals surface area contributed by atoms with Crippen molar-refractivity contribution in [2.24, 2.45) is 7.05 Å². The topological polar surface area (TPSA) is 92.7 Å². The normalized spacial score (nSPS) is 10.9. The zero-order valence-corrected chi connectivity index (χ0v) is 17.2. The molecule has 2 aromatic heterocycles. The van der Waals surface area contributed by atoms with Gasteiger partial charge in [-0.1, -0.05) is 30.3 Å². The first-order valence-corrected chi connectivity index (χ1v) is 10.1. The number of fused-ring (bicyclic) bond motifs is 1. The molecule has 0 aliphatic carbocycles. The van der Waals surface area contributed by atoms with Gasteiger partial charge in [-0.05, 0) is 42.5 Å². The van der Waals surface area contributed by atoms with Crippen molar-refractivity contribution >= 4 is 28.4 Å². The summed E-state index contributed by atoms with van der Waals surface area (Å²) < 4.78 is 1.66. The molecule has 5 aromatic rings. The number of amides is 1. The second-order valence-electron chi connectivity index (χ2n) is 7.43. The first kappa shape index (κ1) is 19.4. The van der Waals surface area contributed by atoms with Gasteiger partial charge < -0.3 is 14.9 Å². The predicted molar refractivity (Wildman–Crippen MR) is 123 cm³/mol. The van der Waals surface area contributed by atoms with E-state index in [1.54, 1.807) is 42.2 Å². The SMILES string of the molecule is Cn1cncc1C(=O)Nc1ccc(-c2nc3cc(C(=O)c4ccccc4)ccc3[nH]2)cc1. The maximum Gasteiger partial charge on any atom is 0.273 e. The summed E-state index contributed by atoms with van der Waals surface area (Å²) in [5.41, 5.74) is 4.82. The fourth-order valence-electron chi connectivity index (χ4n) is 3.52. The van der Waals surface area contributed by atoms with E-state index in [9.17, 15) is 9.59 Å². The number of hydrogen-bond acceptors (Lipinski definition) is 4. The average molecular weight is 421 g/mol. The van der Waals surface area contributed by atoms with Crippen LogP contribution in [0.2, 0.25) is 0 Å². The third-order valence-electron chi connectivity index (χ3n) is 5.25. The van der Waals surface area contributed by atoms with Gasteiger partial charge in [-0.2, -0.15) is 0 Å². The number of hydrogen-bond donors (Lipinski definition) is 2. The van der Waals surface area contributed by atoms with Gasteiger partial charge in [0.1, 0.15) is 11.5 Å². The van der Waals surface area contributed by atoms with E-state index in [2.05, 4.69) is 20.3 Å². The van der Waals surface area contributed by atoms with E-state index in [0.717, 1.165) is 16.6 Å². The molecule has 0 radical (unpaired) electrons. The van der Waals surface area contributed by atoms with E-state index in [0.29, 0.717) is 28.3 Å². The van der Waals surface area contributed by atoms with Crippen LogP contribution in [0.5, 0.6) is 0 Å². The van der Waals surface area contributed by atoms with Gasteiger partial charge in [0.15, 0.2) is 5.78 Å². The van der Waals surface area contributed by atoms with Gasteiger partial charge in [-0.15, -0.1) is 0 Å². The highest BCUT2D eigenvalue weighted by Crippen LogP contribution is 2.24. The lowest BCUT2D eigenvalue weighted by atomic mass is 10.0. The highest BCUT2D eigenvalue weighted by atomic mass is 16.2. The van der Waals surface area contributed by atoms with Crippen LogP contribution in [0.25, 0.3) is 22.4 Å². The van der Waals surface area contributed by atoms with Gasteiger partial charge in [0, 0.05) is 29.4 Å². The summed E-state index contributed by atoms with van der Waals surface area (Å²) in [5.74, 6) is 0.427. The van der Waals surface area contributed by atoms with Crippen molar-refractivity contribution in [1.29, 1.82) is 0 Å². The average Bonchev–Trinajstić information content (AvgIpc) is 3.45. The Hall–Kier alpha value is -4.52. The van der Waals surface area contributed by atoms with Crippen molar-refractivity contribution < 1.29 is 9.59 Å². The van der Waals surface area contributed by atoms with Crippen LogP contribution in [0, 0.1) is 0 Å². The van der Waals surface area contributed by atoms with Crippen LogP contribution in [0.4, 0.5) is 5.69 Å². The standard InChI is InChI=1S/C25H19N5O2/c1-30-15-26-14-22(30)25(32)27-19-10-7-17(8-11-19)24-28-20-12-9-18(13-21(20)29-24)23(31)16-5-3-2-4-6-16/h2-15H,1H3,(H,27,32)(H,28,29). The van der Waals surface area contributed by atoms with Crippen LogP contribution < -0.4 is 5.32 Å². The first-order valence-electron chi connectivity index (χ1n) is 10.1. The number of imidazole rings is 2. The smallest absolute Gasteiger partial charge is 0.273 e. The molecule has 0 saturated heterocycles. The quantitative estimate of drug-likeness (QED) is 0.410. The van der Waals surface area contributed by atoms with Crippen LogP contribution in [0.1, 0.15) is 26.4 Å². The maximum absolute atomic E-state index is 12.7. The molecule has 0 aliphatic heterocycles. The van der Waals surface area contributed by atoms with Gasteiger partial charge in [-0.25, -0.2) is 9.97 Å². The second kappa shape index (κ2) is 7.96. The lowest BCUT2D eigenvalue weighted by molar-refractivity contribution is 0.101. The summed E-state index contributed by atoms with van der Waals surface area (Å²) in [7, 11) is 1.77. The molecule has 5 rings (SSSR count). The molecule has 0 fully saturated rings. The fourth-order valence-corrected chi connectivity index (χ4v) is 3.52. The molecule has 1 amide bonds. The van der Waals surface area contributed by atoms with E-state index in [1.807, 2.05) is 48.5 Å². The molecule has 0 aliphatic rings. The Bertz CT molecular complexity index is 1430. The third-order valence-corrected chi connectivity index (χ3v) is 5.25. The van der Waals surface area contributed by atoms with Gasteiger partial charge in [0.25, 0.3) is 5.91 Å². The van der Waals surface area contributed by atoms with E-state index in [4.69, 9.17) is 0 Å². The van der Waals surface area contributed by atoms with Crippen LogP contribution >= 0.6 is 0 Å². The summed E-state index contributed by atoms with van der Waals surface area (Å²) in [6, 6.07) is 22.1. The van der Waals surface area contributed by atoms with Gasteiger partial charge in [-0.3, -0.25) is 9.59 Å². The third kappa shape index (κ3) is 3.67. The number of aromatic amines is 1. The Labute approximate surface area is 183 Å². The summed E-state index contributed by atoms with van der Waals surface area (Å²) in [4.78, 5) is 37.0. The molecule has 2 N–H and O–H groups in total. The number of anilines is 1. The summed E-state index contributed by atoms with van der Waals surface area (Å²) >= 11 is 0. The zero-order chi connectivity index (χ0) is 22.1. The monoisotopic (exact) mass is 421 g/mol. The number of H-pyrrole nitrogens is 1. The lowest BCUT2D eigenvalue weighted by Gasteiger charge is -2.06. The Morgan fingerprint density at radius 2 is 1.72 bits per heavy atom. The van der Waals surface area contributed by atoms with Crippen LogP contribution in [-0.4, -0.2) is 31.2 Å². The predicted octanol–water partition coefficient (Wildman–Crippen LogP) is 4.45. The van der Waals surface area contributed by atoms with Gasteiger partial charge in [0.05, 0.1) is 23.6 Å². The number of carbonyl (C=O) groups is 2. The highest BCUT2D eigenvalue weighted by Gasteiger charge is 2.13. The number of nitrogens with zero attached hydrogens (tertiary/aromatic N) is 3. The number of aryl methyl sites for hydroxylation is 1. The Balaban J connectivity index is 1.37. The molecular formula is C25H19N5O2. The summed E-state index contributed by atoms with van der Waals surface area (Å²) in [6.07, 6.45) is 3.10. The summed E-state index contributed by atoms with van der Waals surface area (Å²) in [6.45, 7) is 0. The fraction of sp³-hybridized carbons (Fsp3) is 0.0400. The number of ketones is 1. The largest absolute Gasteiger partial charge is 0.338 e. The lowest BCUT2D eigenvalue weighted by Crippen LogP contribution is -2.15. The van der Waals surface area contributed by atoms with Gasteiger partial charge in [0.2, 0.25) is 0 Å². The molecule has 0 spiro atoms.